The average molecular weight is 337 g/mol. The monoisotopic (exact) mass is 337 g/mol. The van der Waals surface area contributed by atoms with Gasteiger partial charge in [0, 0.05) is 49.4 Å². The predicted octanol–water partition coefficient (Wildman–Crippen LogP) is 2.52. The summed E-state index contributed by atoms with van der Waals surface area (Å²) in [6.45, 7) is 5.75. The molecule has 0 radical (unpaired) electrons. The van der Waals surface area contributed by atoms with E-state index in [1.807, 2.05) is 43.1 Å². The van der Waals surface area contributed by atoms with Crippen molar-refractivity contribution in [1.82, 2.24) is 14.9 Å². The van der Waals surface area contributed by atoms with E-state index in [-0.39, 0.29) is 11.9 Å². The smallest absolute Gasteiger partial charge is 0.251 e. The van der Waals surface area contributed by atoms with Gasteiger partial charge in [0.25, 0.3) is 5.91 Å². The van der Waals surface area contributed by atoms with E-state index in [0.29, 0.717) is 5.56 Å². The van der Waals surface area contributed by atoms with Crippen molar-refractivity contribution < 1.29 is 4.79 Å². The van der Waals surface area contributed by atoms with Gasteiger partial charge in [-0.25, -0.2) is 4.98 Å². The molecule has 1 atom stereocenters. The molecule has 2 aliphatic rings. The zero-order chi connectivity index (χ0) is 17.4. The van der Waals surface area contributed by atoms with E-state index in [9.17, 15) is 4.79 Å². The number of fused-ring (bicyclic) bond motifs is 1. The molecule has 130 valence electrons. The van der Waals surface area contributed by atoms with Crippen LogP contribution in [0.2, 0.25) is 0 Å². The highest BCUT2D eigenvalue weighted by Gasteiger charge is 2.22. The van der Waals surface area contributed by atoms with Gasteiger partial charge in [-0.2, -0.15) is 5.10 Å². The first kappa shape index (κ1) is 15.9. The maximum Gasteiger partial charge on any atom is 0.251 e. The van der Waals surface area contributed by atoms with Gasteiger partial charge < -0.3 is 9.88 Å². The number of rotatable bonds is 3. The van der Waals surface area contributed by atoms with Crippen molar-refractivity contribution >= 4 is 17.3 Å². The first-order valence-corrected chi connectivity index (χ1v) is 8.84. The highest BCUT2D eigenvalue weighted by molar-refractivity contribution is 5.94. The molecule has 0 aliphatic carbocycles. The van der Waals surface area contributed by atoms with Crippen LogP contribution in [0.15, 0.2) is 35.6 Å². The van der Waals surface area contributed by atoms with Crippen LogP contribution in [-0.2, 0) is 13.0 Å². The molecule has 1 unspecified atom stereocenters. The van der Waals surface area contributed by atoms with Gasteiger partial charge in [-0.15, -0.1) is 0 Å². The standard InChI is InChI=1S/C19H23N5O/c1-13-9-10-24(22-13)17-6-3-15(4-7-17)19(25)21-16-5-8-18-20-14(2)11-23(18)12-16/h3-4,6-7,11,16H,5,8-10,12H2,1-2H3,(H,21,25). The molecule has 1 aromatic carbocycles. The molecule has 6 heteroatoms. The minimum Gasteiger partial charge on any atom is -0.347 e. The molecule has 0 saturated carbocycles. The summed E-state index contributed by atoms with van der Waals surface area (Å²) < 4.78 is 2.15. The molecule has 0 bridgehead atoms. The van der Waals surface area contributed by atoms with E-state index in [4.69, 9.17) is 0 Å². The van der Waals surface area contributed by atoms with Crippen molar-refractivity contribution in [2.75, 3.05) is 11.6 Å². The van der Waals surface area contributed by atoms with Crippen LogP contribution < -0.4 is 10.3 Å². The van der Waals surface area contributed by atoms with Crippen molar-refractivity contribution in [3.05, 3.63) is 47.5 Å². The lowest BCUT2D eigenvalue weighted by Crippen LogP contribution is -2.40. The maximum atomic E-state index is 12.5. The van der Waals surface area contributed by atoms with E-state index in [2.05, 4.69) is 26.2 Å². The van der Waals surface area contributed by atoms with Crippen molar-refractivity contribution in [3.8, 4) is 0 Å². The minimum atomic E-state index is -0.0158. The third-order valence-electron chi connectivity index (χ3n) is 4.85. The Bertz CT molecular complexity index is 821. The SMILES string of the molecule is CC1=NN(c2ccc(C(=O)NC3CCc4nc(C)cn4C3)cc2)CC1. The zero-order valence-corrected chi connectivity index (χ0v) is 14.7. The second kappa shape index (κ2) is 6.35. The largest absolute Gasteiger partial charge is 0.347 e. The fourth-order valence-electron chi connectivity index (χ4n) is 3.52. The zero-order valence-electron chi connectivity index (χ0n) is 14.7. The van der Waals surface area contributed by atoms with Gasteiger partial charge in [-0.05, 0) is 44.5 Å². The van der Waals surface area contributed by atoms with Gasteiger partial charge in [0.15, 0.2) is 0 Å². The van der Waals surface area contributed by atoms with Crippen LogP contribution in [0, 0.1) is 6.92 Å². The van der Waals surface area contributed by atoms with Gasteiger partial charge in [-0.3, -0.25) is 9.80 Å². The fourth-order valence-corrected chi connectivity index (χ4v) is 3.52. The molecule has 1 N–H and O–H groups in total. The lowest BCUT2D eigenvalue weighted by Gasteiger charge is -2.24. The van der Waals surface area contributed by atoms with Gasteiger partial charge in [0.2, 0.25) is 0 Å². The molecule has 25 heavy (non-hydrogen) atoms. The molecule has 1 amide bonds. The van der Waals surface area contributed by atoms with Crippen molar-refractivity contribution in [2.24, 2.45) is 5.10 Å². The number of carbonyl (C=O) groups excluding carboxylic acids is 1. The number of hydrogen-bond donors (Lipinski definition) is 1. The van der Waals surface area contributed by atoms with E-state index in [0.717, 1.165) is 55.3 Å². The second-order valence-electron chi connectivity index (χ2n) is 6.92. The second-order valence-corrected chi connectivity index (χ2v) is 6.92. The van der Waals surface area contributed by atoms with Crippen molar-refractivity contribution in [1.29, 1.82) is 0 Å². The summed E-state index contributed by atoms with van der Waals surface area (Å²) in [5, 5.41) is 9.63. The van der Waals surface area contributed by atoms with Crippen molar-refractivity contribution in [3.63, 3.8) is 0 Å². The molecule has 0 spiro atoms. The third-order valence-corrected chi connectivity index (χ3v) is 4.85. The summed E-state index contributed by atoms with van der Waals surface area (Å²) in [5.74, 6) is 1.10. The normalized spacial score (nSPS) is 19.5. The van der Waals surface area contributed by atoms with E-state index < -0.39 is 0 Å². The van der Waals surface area contributed by atoms with Crippen molar-refractivity contribution in [2.45, 2.75) is 45.7 Å². The number of hydrogen-bond acceptors (Lipinski definition) is 4. The molecule has 0 fully saturated rings. The number of imidazole rings is 1. The molecule has 6 nitrogen and oxygen atoms in total. The number of nitrogens with one attached hydrogen (secondary N) is 1. The summed E-state index contributed by atoms with van der Waals surface area (Å²) in [4.78, 5) is 17.0. The number of aromatic nitrogens is 2. The van der Waals surface area contributed by atoms with Crippen LogP contribution in [-0.4, -0.2) is 33.8 Å². The van der Waals surface area contributed by atoms with Gasteiger partial charge >= 0.3 is 0 Å². The number of aryl methyl sites for hydroxylation is 2. The maximum absolute atomic E-state index is 12.5. The Kier molecular flexibility index (Phi) is 4.03. The topological polar surface area (TPSA) is 62.5 Å². The summed E-state index contributed by atoms with van der Waals surface area (Å²) in [6, 6.07) is 7.84. The van der Waals surface area contributed by atoms with Gasteiger partial charge in [0.05, 0.1) is 11.4 Å². The Morgan fingerprint density at radius 2 is 2.00 bits per heavy atom. The number of anilines is 1. The Balaban J connectivity index is 1.40. The average Bonchev–Trinajstić information content (AvgIpc) is 3.19. The minimum absolute atomic E-state index is 0.0158. The quantitative estimate of drug-likeness (QED) is 0.936. The first-order chi connectivity index (χ1) is 12.1. The van der Waals surface area contributed by atoms with Crippen LogP contribution in [0.1, 0.15) is 41.6 Å². The van der Waals surface area contributed by atoms with Gasteiger partial charge in [-0.1, -0.05) is 0 Å². The molecule has 4 rings (SSSR count). The molecular weight excluding hydrogens is 314 g/mol. The summed E-state index contributed by atoms with van der Waals surface area (Å²) >= 11 is 0. The number of hydrazone groups is 1. The molecule has 3 heterocycles. The van der Waals surface area contributed by atoms with Crippen LogP contribution >= 0.6 is 0 Å². The number of nitrogens with zero attached hydrogens (tertiary/aromatic N) is 4. The van der Waals surface area contributed by atoms with E-state index in [1.165, 1.54) is 0 Å². The highest BCUT2D eigenvalue weighted by atomic mass is 16.1. The Labute approximate surface area is 147 Å². The number of benzene rings is 1. The Hall–Kier alpha value is -2.63. The lowest BCUT2D eigenvalue weighted by molar-refractivity contribution is 0.0927. The molecular formula is C19H23N5O. The Morgan fingerprint density at radius 1 is 1.20 bits per heavy atom. The third kappa shape index (κ3) is 3.29. The highest BCUT2D eigenvalue weighted by Crippen LogP contribution is 2.20. The van der Waals surface area contributed by atoms with Crippen LogP contribution in [0.4, 0.5) is 5.69 Å². The lowest BCUT2D eigenvalue weighted by atomic mass is 10.1. The first-order valence-electron chi connectivity index (χ1n) is 8.84. The predicted molar refractivity (Wildman–Crippen MR) is 98.1 cm³/mol. The molecule has 2 aromatic rings. The molecule has 1 aromatic heterocycles. The fraction of sp³-hybridized carbons (Fsp3) is 0.421. The molecule has 0 saturated heterocycles. The van der Waals surface area contributed by atoms with Crippen LogP contribution in [0.3, 0.4) is 0 Å². The van der Waals surface area contributed by atoms with Gasteiger partial charge in [0.1, 0.15) is 5.82 Å². The van der Waals surface area contributed by atoms with Crippen LogP contribution in [0.5, 0.6) is 0 Å². The van der Waals surface area contributed by atoms with Crippen LogP contribution in [0.25, 0.3) is 0 Å². The van der Waals surface area contributed by atoms with E-state index in [1.54, 1.807) is 0 Å². The Morgan fingerprint density at radius 3 is 2.72 bits per heavy atom. The number of carbonyl (C=O) groups is 1. The van der Waals surface area contributed by atoms with E-state index >= 15 is 0 Å². The summed E-state index contributed by atoms with van der Waals surface area (Å²) in [6.07, 6.45) is 4.90. The molecule has 2 aliphatic heterocycles. The summed E-state index contributed by atoms with van der Waals surface area (Å²) in [5.41, 5.74) is 3.91. The summed E-state index contributed by atoms with van der Waals surface area (Å²) in [7, 11) is 0. The number of amides is 1.